The topological polar surface area (TPSA) is 78.9 Å². The van der Waals surface area contributed by atoms with Crippen LogP contribution in [-0.4, -0.2) is 53.8 Å². The molecule has 0 aliphatic carbocycles. The molecule has 0 unspecified atom stereocenters. The van der Waals surface area contributed by atoms with Crippen LogP contribution in [0, 0.1) is 0 Å². The minimum atomic E-state index is -0.809. The summed E-state index contributed by atoms with van der Waals surface area (Å²) in [4.78, 5) is 21.9. The molecule has 1 saturated heterocycles. The molecule has 0 bridgehead atoms. The van der Waals surface area contributed by atoms with Crippen LogP contribution in [0.15, 0.2) is 0 Å². The largest absolute Gasteiger partial charge is 0.465 e. The van der Waals surface area contributed by atoms with Gasteiger partial charge in [-0.2, -0.15) is 0 Å². The molecule has 2 N–H and O–H groups in total. The quantitative estimate of drug-likeness (QED) is 0.621. The summed E-state index contributed by atoms with van der Waals surface area (Å²) in [6.07, 6.45) is -0.809. The number of hydrogen-bond acceptors (Lipinski definition) is 4. The van der Waals surface area contributed by atoms with Crippen molar-refractivity contribution >= 4 is 12.1 Å². The van der Waals surface area contributed by atoms with Crippen molar-refractivity contribution in [1.29, 1.82) is 0 Å². The molecule has 0 aromatic rings. The van der Waals surface area contributed by atoms with Crippen LogP contribution in [0.1, 0.15) is 27.7 Å². The lowest BCUT2D eigenvalue weighted by atomic mass is 10.2. The Labute approximate surface area is 102 Å². The van der Waals surface area contributed by atoms with Gasteiger partial charge < -0.3 is 20.1 Å². The highest BCUT2D eigenvalue weighted by Gasteiger charge is 2.13. The summed E-state index contributed by atoms with van der Waals surface area (Å²) in [6.45, 7) is 9.74. The van der Waals surface area contributed by atoms with Crippen LogP contribution >= 0.6 is 0 Å². The lowest BCUT2D eigenvalue weighted by Gasteiger charge is -2.23. The van der Waals surface area contributed by atoms with Crippen molar-refractivity contribution in [3.05, 3.63) is 0 Å². The van der Waals surface area contributed by atoms with Crippen LogP contribution in [0.2, 0.25) is 0 Å². The summed E-state index contributed by atoms with van der Waals surface area (Å²) >= 11 is 0. The zero-order chi connectivity index (χ0) is 13.5. The Balaban J connectivity index is 0.000000304. The second-order valence-corrected chi connectivity index (χ2v) is 4.73. The van der Waals surface area contributed by atoms with Gasteiger partial charge in [-0.1, -0.05) is 0 Å². The van der Waals surface area contributed by atoms with E-state index >= 15 is 0 Å². The Morgan fingerprint density at radius 3 is 1.88 bits per heavy atom. The SMILES string of the molecule is CC(=O)OC(C)(C)C.O=C(O)N1CCNCC1. The van der Waals surface area contributed by atoms with Crippen molar-refractivity contribution in [2.75, 3.05) is 26.2 Å². The number of ether oxygens (including phenoxy) is 1. The molecule has 1 rings (SSSR count). The van der Waals surface area contributed by atoms with E-state index in [4.69, 9.17) is 9.84 Å². The molecule has 0 aromatic heterocycles. The Morgan fingerprint density at radius 2 is 1.71 bits per heavy atom. The fourth-order valence-corrected chi connectivity index (χ4v) is 1.29. The number of nitrogens with one attached hydrogen (secondary N) is 1. The summed E-state index contributed by atoms with van der Waals surface area (Å²) in [5.74, 6) is -0.225. The number of hydrogen-bond donors (Lipinski definition) is 2. The number of nitrogens with zero attached hydrogens (tertiary/aromatic N) is 1. The molecule has 1 aliphatic heterocycles. The maximum atomic E-state index is 10.3. The number of esters is 1. The molecule has 0 aromatic carbocycles. The molecule has 0 atom stereocenters. The normalized spacial score (nSPS) is 15.6. The van der Waals surface area contributed by atoms with Crippen molar-refractivity contribution in [2.45, 2.75) is 33.3 Å². The first-order valence-corrected chi connectivity index (χ1v) is 5.60. The minimum absolute atomic E-state index is 0.225. The third-order valence-corrected chi connectivity index (χ3v) is 1.84. The van der Waals surface area contributed by atoms with Crippen LogP contribution in [0.4, 0.5) is 4.79 Å². The second kappa shape index (κ2) is 7.11. The third-order valence-electron chi connectivity index (χ3n) is 1.84. The zero-order valence-electron chi connectivity index (χ0n) is 10.9. The van der Waals surface area contributed by atoms with Crippen LogP contribution in [0.3, 0.4) is 0 Å². The smallest absolute Gasteiger partial charge is 0.407 e. The van der Waals surface area contributed by atoms with E-state index in [0.717, 1.165) is 13.1 Å². The number of carboxylic acid groups (broad SMARTS) is 1. The standard InChI is InChI=1S/C6H12O2.C5H10N2O2/c1-5(7)8-6(2,3)4;8-5(9)7-3-1-6-2-4-7/h1-4H3;6H,1-4H2,(H,8,9). The van der Waals surface area contributed by atoms with E-state index in [1.54, 1.807) is 0 Å². The van der Waals surface area contributed by atoms with Crippen LogP contribution in [-0.2, 0) is 9.53 Å². The maximum Gasteiger partial charge on any atom is 0.407 e. The van der Waals surface area contributed by atoms with E-state index in [1.807, 2.05) is 20.8 Å². The molecular weight excluding hydrogens is 224 g/mol. The van der Waals surface area contributed by atoms with Crippen molar-refractivity contribution in [2.24, 2.45) is 0 Å². The van der Waals surface area contributed by atoms with Crippen LogP contribution in [0.5, 0.6) is 0 Å². The molecule has 0 spiro atoms. The lowest BCUT2D eigenvalue weighted by Crippen LogP contribution is -2.45. The van der Waals surface area contributed by atoms with Gasteiger partial charge in [0.05, 0.1) is 0 Å². The van der Waals surface area contributed by atoms with Crippen LogP contribution < -0.4 is 5.32 Å². The molecular formula is C11H22N2O4. The summed E-state index contributed by atoms with van der Waals surface area (Å²) in [7, 11) is 0. The number of amides is 1. The fraction of sp³-hybridized carbons (Fsp3) is 0.818. The van der Waals surface area contributed by atoms with Crippen LogP contribution in [0.25, 0.3) is 0 Å². The predicted molar refractivity (Wildman–Crippen MR) is 64.0 cm³/mol. The van der Waals surface area contributed by atoms with Gasteiger partial charge in [0, 0.05) is 33.1 Å². The lowest BCUT2D eigenvalue weighted by molar-refractivity contribution is -0.151. The first kappa shape index (κ1) is 15.7. The van der Waals surface area contributed by atoms with Gasteiger partial charge in [-0.3, -0.25) is 4.79 Å². The number of rotatable bonds is 0. The maximum absolute atomic E-state index is 10.3. The predicted octanol–water partition coefficient (Wildman–Crippen LogP) is 0.918. The molecule has 0 radical (unpaired) electrons. The van der Waals surface area contributed by atoms with E-state index in [1.165, 1.54) is 11.8 Å². The Morgan fingerprint density at radius 1 is 1.24 bits per heavy atom. The molecule has 17 heavy (non-hydrogen) atoms. The molecule has 1 fully saturated rings. The van der Waals surface area contributed by atoms with Crippen molar-refractivity contribution in [1.82, 2.24) is 10.2 Å². The van der Waals surface area contributed by atoms with E-state index in [9.17, 15) is 9.59 Å². The highest BCUT2D eigenvalue weighted by atomic mass is 16.6. The molecule has 100 valence electrons. The molecule has 6 nitrogen and oxygen atoms in total. The first-order chi connectivity index (χ1) is 7.72. The first-order valence-electron chi connectivity index (χ1n) is 5.60. The zero-order valence-corrected chi connectivity index (χ0v) is 10.9. The average Bonchev–Trinajstić information content (AvgIpc) is 2.16. The highest BCUT2D eigenvalue weighted by Crippen LogP contribution is 2.05. The van der Waals surface area contributed by atoms with Gasteiger partial charge in [0.15, 0.2) is 0 Å². The van der Waals surface area contributed by atoms with E-state index in [2.05, 4.69) is 5.32 Å². The van der Waals surface area contributed by atoms with Gasteiger partial charge in [-0.15, -0.1) is 0 Å². The molecule has 1 amide bonds. The monoisotopic (exact) mass is 246 g/mol. The number of carbonyl (C=O) groups is 2. The molecule has 6 heteroatoms. The Kier molecular flexibility index (Phi) is 6.57. The Bertz CT molecular complexity index is 255. The summed E-state index contributed by atoms with van der Waals surface area (Å²) in [5, 5.41) is 11.5. The van der Waals surface area contributed by atoms with Gasteiger partial charge in [-0.05, 0) is 20.8 Å². The molecule has 1 heterocycles. The second-order valence-electron chi connectivity index (χ2n) is 4.73. The van der Waals surface area contributed by atoms with Crippen molar-refractivity contribution in [3.63, 3.8) is 0 Å². The van der Waals surface area contributed by atoms with E-state index < -0.39 is 6.09 Å². The van der Waals surface area contributed by atoms with E-state index in [-0.39, 0.29) is 11.6 Å². The van der Waals surface area contributed by atoms with E-state index in [0.29, 0.717) is 13.1 Å². The van der Waals surface area contributed by atoms with Crippen molar-refractivity contribution < 1.29 is 19.4 Å². The fourth-order valence-electron chi connectivity index (χ4n) is 1.29. The Hall–Kier alpha value is -1.30. The average molecular weight is 246 g/mol. The molecule has 0 saturated carbocycles. The summed E-state index contributed by atoms with van der Waals surface area (Å²) in [6, 6.07) is 0. The van der Waals surface area contributed by atoms with Crippen molar-refractivity contribution in [3.8, 4) is 0 Å². The number of piperazine rings is 1. The third kappa shape index (κ3) is 9.62. The summed E-state index contributed by atoms with van der Waals surface area (Å²) in [5.41, 5.74) is -0.328. The summed E-state index contributed by atoms with van der Waals surface area (Å²) < 4.78 is 4.80. The van der Waals surface area contributed by atoms with Gasteiger partial charge in [0.25, 0.3) is 0 Å². The number of carbonyl (C=O) groups excluding carboxylic acids is 1. The van der Waals surface area contributed by atoms with Gasteiger partial charge in [0.1, 0.15) is 5.60 Å². The van der Waals surface area contributed by atoms with Gasteiger partial charge in [0.2, 0.25) is 0 Å². The minimum Gasteiger partial charge on any atom is -0.465 e. The van der Waals surface area contributed by atoms with Gasteiger partial charge in [-0.25, -0.2) is 4.79 Å². The highest BCUT2D eigenvalue weighted by molar-refractivity contribution is 5.66. The molecule has 1 aliphatic rings. The van der Waals surface area contributed by atoms with Gasteiger partial charge >= 0.3 is 12.1 Å².